The summed E-state index contributed by atoms with van der Waals surface area (Å²) >= 11 is 6.40. The highest BCUT2D eigenvalue weighted by molar-refractivity contribution is 6.33. The third kappa shape index (κ3) is 5.55. The van der Waals surface area contributed by atoms with Crippen LogP contribution in [0, 0.1) is 5.92 Å². The number of carbonyl (C=O) groups excluding carboxylic acids is 1. The van der Waals surface area contributed by atoms with Crippen LogP contribution in [0.1, 0.15) is 43.4 Å². The van der Waals surface area contributed by atoms with Crippen LogP contribution in [0.25, 0.3) is 22.3 Å². The average Bonchev–Trinajstić information content (AvgIpc) is 2.93. The van der Waals surface area contributed by atoms with Gasteiger partial charge in [0.25, 0.3) is 0 Å². The second-order valence-corrected chi connectivity index (χ2v) is 12.2. The molecule has 2 aliphatic rings. The van der Waals surface area contributed by atoms with Crippen molar-refractivity contribution in [2.45, 2.75) is 38.2 Å². The molecule has 0 radical (unpaired) electrons. The van der Waals surface area contributed by atoms with Crippen molar-refractivity contribution in [3.8, 4) is 22.8 Å². The number of rotatable bonds is 6. The number of aromatic nitrogens is 1. The number of likely N-dealkylation sites (tertiary alicyclic amines) is 1. The lowest BCUT2D eigenvalue weighted by Gasteiger charge is -2.42. The molecule has 2 aromatic heterocycles. The molecule has 0 saturated carbocycles. The number of phenolic OH excluding ortho intramolecular Hbond substituents is 2. The first-order chi connectivity index (χ1) is 20.6. The molecular formula is C33H34ClN3O6. The van der Waals surface area contributed by atoms with Gasteiger partial charge >= 0.3 is 5.97 Å². The van der Waals surface area contributed by atoms with Crippen LogP contribution in [-0.4, -0.2) is 65.4 Å². The van der Waals surface area contributed by atoms with Gasteiger partial charge in [-0.05, 0) is 50.2 Å². The summed E-state index contributed by atoms with van der Waals surface area (Å²) in [5.41, 5.74) is 2.46. The number of phenols is 2. The maximum Gasteiger partial charge on any atom is 0.312 e. The van der Waals surface area contributed by atoms with Gasteiger partial charge in [-0.15, -0.1) is 0 Å². The molecule has 224 valence electrons. The van der Waals surface area contributed by atoms with E-state index in [-0.39, 0.29) is 40.1 Å². The van der Waals surface area contributed by atoms with E-state index in [0.717, 1.165) is 17.4 Å². The lowest BCUT2D eigenvalue weighted by atomic mass is 9.85. The van der Waals surface area contributed by atoms with Crippen LogP contribution >= 0.6 is 11.6 Å². The minimum atomic E-state index is -0.610. The van der Waals surface area contributed by atoms with Crippen molar-refractivity contribution in [3.05, 3.63) is 81.2 Å². The van der Waals surface area contributed by atoms with Gasteiger partial charge in [-0.2, -0.15) is 0 Å². The summed E-state index contributed by atoms with van der Waals surface area (Å²) in [5.74, 6) is -1.17. The quantitative estimate of drug-likeness (QED) is 0.275. The van der Waals surface area contributed by atoms with Gasteiger partial charge in [0.15, 0.2) is 5.43 Å². The van der Waals surface area contributed by atoms with Crippen LogP contribution in [0.2, 0.25) is 5.02 Å². The third-order valence-electron chi connectivity index (χ3n) is 8.47. The number of esters is 1. The highest BCUT2D eigenvalue weighted by Crippen LogP contribution is 2.44. The van der Waals surface area contributed by atoms with E-state index in [0.29, 0.717) is 54.7 Å². The number of pyridine rings is 1. The van der Waals surface area contributed by atoms with Gasteiger partial charge in [-0.1, -0.05) is 37.6 Å². The molecule has 2 saturated heterocycles. The Morgan fingerprint density at radius 3 is 2.60 bits per heavy atom. The van der Waals surface area contributed by atoms with E-state index in [2.05, 4.69) is 34.7 Å². The maximum absolute atomic E-state index is 13.4. The molecule has 43 heavy (non-hydrogen) atoms. The molecule has 0 amide bonds. The molecule has 0 aliphatic carbocycles. The van der Waals surface area contributed by atoms with E-state index in [1.54, 1.807) is 30.5 Å². The van der Waals surface area contributed by atoms with Gasteiger partial charge in [-0.25, -0.2) is 0 Å². The number of halogens is 1. The van der Waals surface area contributed by atoms with E-state index in [9.17, 15) is 19.8 Å². The van der Waals surface area contributed by atoms with Crippen LogP contribution in [0.3, 0.4) is 0 Å². The fourth-order valence-corrected chi connectivity index (χ4v) is 6.26. The van der Waals surface area contributed by atoms with Crippen molar-refractivity contribution in [1.82, 2.24) is 9.88 Å². The molecule has 4 aromatic rings. The molecule has 0 unspecified atom stereocenters. The lowest BCUT2D eigenvalue weighted by molar-refractivity contribution is -0.158. The van der Waals surface area contributed by atoms with Crippen molar-refractivity contribution in [2.75, 3.05) is 38.1 Å². The molecule has 9 nitrogen and oxygen atoms in total. The zero-order valence-corrected chi connectivity index (χ0v) is 25.0. The molecule has 2 N–H and O–H groups in total. The Labute approximate surface area is 254 Å². The molecule has 0 bridgehead atoms. The Morgan fingerprint density at radius 2 is 1.86 bits per heavy atom. The first kappa shape index (κ1) is 29.0. The fourth-order valence-electron chi connectivity index (χ4n) is 6.03. The summed E-state index contributed by atoms with van der Waals surface area (Å²) in [6.45, 7) is 6.38. The summed E-state index contributed by atoms with van der Waals surface area (Å²) in [6, 6.07) is 13.4. The number of anilines is 1. The summed E-state index contributed by atoms with van der Waals surface area (Å²) in [4.78, 5) is 35.3. The summed E-state index contributed by atoms with van der Waals surface area (Å²) in [6.07, 6.45) is 1.72. The molecule has 2 fully saturated rings. The highest BCUT2D eigenvalue weighted by Gasteiger charge is 2.40. The van der Waals surface area contributed by atoms with Gasteiger partial charge in [-0.3, -0.25) is 14.6 Å². The number of nitrogens with zero attached hydrogens (tertiary/aromatic N) is 3. The molecule has 2 aromatic carbocycles. The lowest BCUT2D eigenvalue weighted by Crippen LogP contribution is -2.53. The van der Waals surface area contributed by atoms with E-state index in [1.165, 1.54) is 6.07 Å². The van der Waals surface area contributed by atoms with E-state index in [4.69, 9.17) is 20.8 Å². The molecule has 4 heterocycles. The maximum atomic E-state index is 13.4. The number of fused-ring (bicyclic) bond motifs is 1. The normalized spacial score (nSPS) is 19.5. The van der Waals surface area contributed by atoms with Crippen molar-refractivity contribution < 1.29 is 24.2 Å². The zero-order chi connectivity index (χ0) is 30.4. The third-order valence-corrected chi connectivity index (χ3v) is 8.80. The van der Waals surface area contributed by atoms with Gasteiger partial charge in [0.05, 0.1) is 10.9 Å². The predicted octanol–water partition coefficient (Wildman–Crippen LogP) is 5.51. The molecule has 6 rings (SSSR count). The van der Waals surface area contributed by atoms with E-state index in [1.807, 2.05) is 13.1 Å². The second-order valence-electron chi connectivity index (χ2n) is 11.8. The zero-order valence-electron chi connectivity index (χ0n) is 24.3. The summed E-state index contributed by atoms with van der Waals surface area (Å²) < 4.78 is 12.4. The largest absolute Gasteiger partial charge is 0.507 e. The molecular weight excluding hydrogens is 570 g/mol. The first-order valence-electron chi connectivity index (χ1n) is 14.5. The summed E-state index contributed by atoms with van der Waals surface area (Å²) in [5, 5.41) is 22.1. The van der Waals surface area contributed by atoms with Gasteiger partial charge < -0.3 is 29.2 Å². The molecule has 2 atom stereocenters. The van der Waals surface area contributed by atoms with Crippen LogP contribution in [0.5, 0.6) is 11.5 Å². The molecule has 10 heteroatoms. The van der Waals surface area contributed by atoms with Crippen molar-refractivity contribution >= 4 is 34.2 Å². The van der Waals surface area contributed by atoms with Crippen LogP contribution < -0.4 is 10.3 Å². The molecule has 0 spiro atoms. The summed E-state index contributed by atoms with van der Waals surface area (Å²) in [7, 11) is 1.95. The van der Waals surface area contributed by atoms with Crippen molar-refractivity contribution in [2.24, 2.45) is 5.92 Å². The van der Waals surface area contributed by atoms with Crippen LogP contribution in [-0.2, 0) is 9.53 Å². The Morgan fingerprint density at radius 1 is 1.09 bits per heavy atom. The smallest absolute Gasteiger partial charge is 0.312 e. The van der Waals surface area contributed by atoms with Crippen LogP contribution in [0.15, 0.2) is 63.9 Å². The Bertz CT molecular complexity index is 1750. The number of ether oxygens (including phenoxy) is 1. The van der Waals surface area contributed by atoms with Crippen molar-refractivity contribution in [1.29, 1.82) is 0 Å². The molecule has 2 aliphatic heterocycles. The number of hydrogen-bond donors (Lipinski definition) is 2. The Hall–Kier alpha value is -4.08. The van der Waals surface area contributed by atoms with Gasteiger partial charge in [0, 0.05) is 66.4 Å². The number of aromatic hydroxyl groups is 2. The topological polar surface area (TPSA) is 116 Å². The minimum Gasteiger partial charge on any atom is -0.507 e. The van der Waals surface area contributed by atoms with Crippen LogP contribution in [0.4, 0.5) is 5.69 Å². The highest BCUT2D eigenvalue weighted by atomic mass is 35.5. The second kappa shape index (κ2) is 11.5. The minimum absolute atomic E-state index is 0.0413. The van der Waals surface area contributed by atoms with Gasteiger partial charge in [0.2, 0.25) is 0 Å². The first-order valence-corrected chi connectivity index (χ1v) is 14.9. The predicted molar refractivity (Wildman–Crippen MR) is 165 cm³/mol. The van der Waals surface area contributed by atoms with E-state index >= 15 is 0 Å². The SMILES string of the molecule is CC(C)c1cc(N2CC(C(=O)O[C@@H]3CN(C)CC[C@@H]3c3c(O)cc(O)c4c(=O)cc(-c5ccccc5Cl)oc34)C2)ccn1. The fraction of sp³-hybridized carbons (Fsp3) is 0.364. The van der Waals surface area contributed by atoms with Crippen molar-refractivity contribution in [3.63, 3.8) is 0 Å². The Kier molecular flexibility index (Phi) is 7.79. The average molecular weight is 604 g/mol. The number of hydrogen-bond acceptors (Lipinski definition) is 9. The monoisotopic (exact) mass is 603 g/mol. The van der Waals surface area contributed by atoms with E-state index < -0.39 is 17.5 Å². The van der Waals surface area contributed by atoms with Gasteiger partial charge in [0.1, 0.15) is 34.3 Å². The number of benzene rings is 2. The Balaban J connectivity index is 1.30. The number of carbonyl (C=O) groups is 1. The number of piperidine rings is 1. The number of likely N-dealkylation sites (N-methyl/N-ethyl adjacent to an activating group) is 1. The standard InChI is InChI=1S/C33H34ClN3O6/c1-18(2)24-12-20(8-10-35-24)37-15-19(16-37)33(41)43-29-17-36(3)11-9-22(29)30-25(38)13-26(39)31-27(40)14-28(42-32(30)31)21-6-4-5-7-23(21)34/h4-8,10,12-14,18-19,22,29,38-39H,9,11,15-17H2,1-3H3/t22-,29+/m0/s1.